The molecule has 4 atom stereocenters. The molecule has 0 aromatic rings. The highest BCUT2D eigenvalue weighted by molar-refractivity contribution is 5.24. The van der Waals surface area contributed by atoms with Gasteiger partial charge in [0.1, 0.15) is 0 Å². The maximum atomic E-state index is 6.26. The number of unbranched alkanes of at least 4 members (excludes halogenated alkanes) is 1. The second kappa shape index (κ2) is 3.48. The molecule has 1 aliphatic heterocycles. The predicted octanol–water partition coefficient (Wildman–Crippen LogP) is 3.89. The van der Waals surface area contributed by atoms with Crippen molar-refractivity contribution in [1.82, 2.24) is 0 Å². The second-order valence-corrected chi connectivity index (χ2v) is 6.79. The van der Waals surface area contributed by atoms with Crippen LogP contribution in [0.4, 0.5) is 0 Å². The Labute approximate surface area is 105 Å². The van der Waals surface area contributed by atoms with Gasteiger partial charge in [0.05, 0.1) is 12.2 Å². The fourth-order valence-electron chi connectivity index (χ4n) is 4.42. The molecule has 17 heavy (non-hydrogen) atoms. The number of ether oxygens (including phenoxy) is 2. The summed E-state index contributed by atoms with van der Waals surface area (Å²) in [5, 5.41) is 0. The van der Waals surface area contributed by atoms with Gasteiger partial charge in [0.15, 0.2) is 5.79 Å². The van der Waals surface area contributed by atoms with Gasteiger partial charge in [-0.3, -0.25) is 0 Å². The van der Waals surface area contributed by atoms with Gasteiger partial charge in [0.2, 0.25) is 0 Å². The summed E-state index contributed by atoms with van der Waals surface area (Å²) in [7, 11) is 0. The third-order valence-electron chi connectivity index (χ3n) is 5.93. The van der Waals surface area contributed by atoms with Gasteiger partial charge in [-0.25, -0.2) is 0 Å². The van der Waals surface area contributed by atoms with Crippen molar-refractivity contribution >= 4 is 0 Å². The Morgan fingerprint density at radius 2 is 1.76 bits per heavy atom. The van der Waals surface area contributed by atoms with Gasteiger partial charge in [0, 0.05) is 11.8 Å². The Morgan fingerprint density at radius 1 is 1.12 bits per heavy atom. The normalized spacial score (nSPS) is 50.8. The van der Waals surface area contributed by atoms with Gasteiger partial charge in [0.25, 0.3) is 0 Å². The highest BCUT2D eigenvalue weighted by Gasteiger charge is 2.79. The molecule has 1 saturated heterocycles. The van der Waals surface area contributed by atoms with E-state index in [1.54, 1.807) is 0 Å². The Kier molecular flexibility index (Phi) is 2.45. The van der Waals surface area contributed by atoms with Crippen LogP contribution in [0.25, 0.3) is 0 Å². The standard InChI is InChI=1S/C15H26O2/c1-5-6-7-14-8-9-15(13(14,4)10-14)16-11(2)12(3)17-15/h11-12H,5-10H2,1-4H3/t11-,12-,13+,14-/m0/s1. The predicted molar refractivity (Wildman–Crippen MR) is 67.7 cm³/mol. The lowest BCUT2D eigenvalue weighted by molar-refractivity contribution is -0.210. The lowest BCUT2D eigenvalue weighted by Gasteiger charge is -2.31. The summed E-state index contributed by atoms with van der Waals surface area (Å²) in [6.45, 7) is 8.99. The van der Waals surface area contributed by atoms with Crippen molar-refractivity contribution in [2.24, 2.45) is 10.8 Å². The molecule has 1 heterocycles. The first kappa shape index (κ1) is 12.0. The summed E-state index contributed by atoms with van der Waals surface area (Å²) in [6, 6.07) is 0. The van der Waals surface area contributed by atoms with E-state index in [9.17, 15) is 0 Å². The molecule has 1 spiro atoms. The summed E-state index contributed by atoms with van der Waals surface area (Å²) >= 11 is 0. The smallest absolute Gasteiger partial charge is 0.175 e. The van der Waals surface area contributed by atoms with E-state index >= 15 is 0 Å². The van der Waals surface area contributed by atoms with Crippen molar-refractivity contribution in [1.29, 1.82) is 0 Å². The van der Waals surface area contributed by atoms with Gasteiger partial charge >= 0.3 is 0 Å². The molecule has 0 aromatic carbocycles. The molecule has 0 aromatic heterocycles. The minimum atomic E-state index is -0.237. The van der Waals surface area contributed by atoms with Gasteiger partial charge in [-0.15, -0.1) is 0 Å². The molecule has 3 rings (SSSR count). The molecular formula is C15H26O2. The summed E-state index contributed by atoms with van der Waals surface area (Å²) in [6.07, 6.45) is 8.29. The molecule has 3 fully saturated rings. The minimum Gasteiger partial charge on any atom is -0.344 e. The number of fused-ring (bicyclic) bond motifs is 2. The molecule has 2 aliphatic carbocycles. The molecule has 2 saturated carbocycles. The first-order valence-corrected chi connectivity index (χ1v) is 7.34. The SMILES string of the molecule is CCCC[C@@]12CCC3(O[C@@H](C)[C@H](C)O3)[C@]1(C)C2. The van der Waals surface area contributed by atoms with Crippen LogP contribution in [0, 0.1) is 10.8 Å². The van der Waals surface area contributed by atoms with Crippen LogP contribution in [0.15, 0.2) is 0 Å². The maximum absolute atomic E-state index is 6.26. The second-order valence-electron chi connectivity index (χ2n) is 6.79. The lowest BCUT2D eigenvalue weighted by Crippen LogP contribution is -2.38. The Hall–Kier alpha value is -0.0800. The first-order valence-electron chi connectivity index (χ1n) is 7.34. The van der Waals surface area contributed by atoms with Crippen LogP contribution in [0.2, 0.25) is 0 Å². The molecule has 2 heteroatoms. The zero-order chi connectivity index (χ0) is 12.3. The zero-order valence-electron chi connectivity index (χ0n) is 11.7. The molecule has 0 N–H and O–H groups in total. The monoisotopic (exact) mass is 238 g/mol. The fraction of sp³-hybridized carbons (Fsp3) is 1.00. The summed E-state index contributed by atoms with van der Waals surface area (Å²) < 4.78 is 12.5. The van der Waals surface area contributed by atoms with Gasteiger partial charge in [-0.1, -0.05) is 26.7 Å². The molecule has 0 bridgehead atoms. The van der Waals surface area contributed by atoms with Crippen LogP contribution in [0.5, 0.6) is 0 Å². The van der Waals surface area contributed by atoms with E-state index in [4.69, 9.17) is 9.47 Å². The molecule has 2 nitrogen and oxygen atoms in total. The average molecular weight is 238 g/mol. The van der Waals surface area contributed by atoms with E-state index in [1.165, 1.54) is 32.1 Å². The topological polar surface area (TPSA) is 18.5 Å². The summed E-state index contributed by atoms with van der Waals surface area (Å²) in [5.41, 5.74) is 0.848. The number of hydrogen-bond acceptors (Lipinski definition) is 2. The molecule has 0 radical (unpaired) electrons. The summed E-state index contributed by atoms with van der Waals surface area (Å²) in [4.78, 5) is 0. The zero-order valence-corrected chi connectivity index (χ0v) is 11.7. The van der Waals surface area contributed by atoms with E-state index in [1.807, 2.05) is 0 Å². The Balaban J connectivity index is 1.79. The van der Waals surface area contributed by atoms with Crippen molar-refractivity contribution in [3.8, 4) is 0 Å². The molecule has 0 amide bonds. The summed E-state index contributed by atoms with van der Waals surface area (Å²) in [5.74, 6) is -0.237. The van der Waals surface area contributed by atoms with Gasteiger partial charge in [-0.2, -0.15) is 0 Å². The van der Waals surface area contributed by atoms with Crippen LogP contribution in [-0.4, -0.2) is 18.0 Å². The Morgan fingerprint density at radius 3 is 2.29 bits per heavy atom. The van der Waals surface area contributed by atoms with Crippen molar-refractivity contribution in [2.75, 3.05) is 0 Å². The van der Waals surface area contributed by atoms with Crippen LogP contribution in [0.1, 0.15) is 66.2 Å². The van der Waals surface area contributed by atoms with Crippen molar-refractivity contribution < 1.29 is 9.47 Å². The largest absolute Gasteiger partial charge is 0.344 e. The van der Waals surface area contributed by atoms with Crippen LogP contribution >= 0.6 is 0 Å². The third kappa shape index (κ3) is 1.34. The van der Waals surface area contributed by atoms with E-state index in [0.717, 1.165) is 6.42 Å². The molecular weight excluding hydrogens is 212 g/mol. The highest BCUT2D eigenvalue weighted by atomic mass is 16.8. The quantitative estimate of drug-likeness (QED) is 0.742. The third-order valence-corrected chi connectivity index (χ3v) is 5.93. The van der Waals surface area contributed by atoms with Crippen molar-refractivity contribution in [2.45, 2.75) is 84.2 Å². The fourth-order valence-corrected chi connectivity index (χ4v) is 4.42. The van der Waals surface area contributed by atoms with Crippen LogP contribution in [-0.2, 0) is 9.47 Å². The maximum Gasteiger partial charge on any atom is 0.175 e. The minimum absolute atomic E-state index is 0.237. The molecule has 98 valence electrons. The Bertz CT molecular complexity index is 313. The van der Waals surface area contributed by atoms with Gasteiger partial charge < -0.3 is 9.47 Å². The average Bonchev–Trinajstić information content (AvgIpc) is 2.70. The van der Waals surface area contributed by atoms with E-state index < -0.39 is 0 Å². The first-order chi connectivity index (χ1) is 7.99. The molecule has 3 aliphatic rings. The number of rotatable bonds is 3. The number of hydrogen-bond donors (Lipinski definition) is 0. The van der Waals surface area contributed by atoms with E-state index in [2.05, 4.69) is 27.7 Å². The molecule has 0 unspecified atom stereocenters. The lowest BCUT2D eigenvalue weighted by atomic mass is 9.90. The van der Waals surface area contributed by atoms with Crippen molar-refractivity contribution in [3.05, 3.63) is 0 Å². The van der Waals surface area contributed by atoms with Gasteiger partial charge in [-0.05, 0) is 38.5 Å². The van der Waals surface area contributed by atoms with E-state index in [-0.39, 0.29) is 18.0 Å². The van der Waals surface area contributed by atoms with Crippen LogP contribution < -0.4 is 0 Å². The van der Waals surface area contributed by atoms with Crippen molar-refractivity contribution in [3.63, 3.8) is 0 Å². The highest BCUT2D eigenvalue weighted by Crippen LogP contribution is 2.80. The van der Waals surface area contributed by atoms with Crippen LogP contribution in [0.3, 0.4) is 0 Å². The van der Waals surface area contributed by atoms with E-state index in [0.29, 0.717) is 10.8 Å².